The third-order valence-electron chi connectivity index (χ3n) is 5.01. The van der Waals surface area contributed by atoms with E-state index in [4.69, 9.17) is 4.52 Å². The van der Waals surface area contributed by atoms with E-state index in [0.717, 1.165) is 31.6 Å². The minimum absolute atomic E-state index is 0.277. The Kier molecular flexibility index (Phi) is 4.98. The summed E-state index contributed by atoms with van der Waals surface area (Å²) in [6, 6.07) is 3.25. The van der Waals surface area contributed by atoms with Gasteiger partial charge in [-0.2, -0.15) is 4.98 Å². The van der Waals surface area contributed by atoms with Crippen LogP contribution in [0.3, 0.4) is 0 Å². The molecule has 4 rings (SSSR count). The molecule has 1 saturated heterocycles. The topological polar surface area (TPSA) is 67.1 Å². The summed E-state index contributed by atoms with van der Waals surface area (Å²) in [6.07, 6.45) is 3.83. The Morgan fingerprint density at radius 1 is 1.15 bits per heavy atom. The molecule has 0 radical (unpaired) electrons. The van der Waals surface area contributed by atoms with Crippen molar-refractivity contribution in [1.29, 1.82) is 0 Å². The highest BCUT2D eigenvalue weighted by atomic mass is 19.1. The molecular weight excluding hydrogens is 352 g/mol. The van der Waals surface area contributed by atoms with Gasteiger partial charge in [-0.05, 0) is 44.0 Å². The standard InChI is InChI=1S/C19H21F2N5O/c1-12-2-5-26(6-3-12)7-4-22-18-16-17(25-27-19(16)24-11-23-18)13-8-14(20)10-15(21)9-13/h8-12H,2-7H2,1H3,(H,22,23,24). The molecule has 0 spiro atoms. The molecule has 0 unspecified atom stereocenters. The molecule has 1 aliphatic heterocycles. The first kappa shape index (κ1) is 17.8. The van der Waals surface area contributed by atoms with Gasteiger partial charge in [0, 0.05) is 24.7 Å². The number of anilines is 1. The Morgan fingerprint density at radius 3 is 2.63 bits per heavy atom. The van der Waals surface area contributed by atoms with Crippen LogP contribution in [0.4, 0.5) is 14.6 Å². The molecule has 1 aromatic carbocycles. The van der Waals surface area contributed by atoms with E-state index in [1.165, 1.54) is 31.3 Å². The smallest absolute Gasteiger partial charge is 0.263 e. The zero-order chi connectivity index (χ0) is 18.8. The van der Waals surface area contributed by atoms with Gasteiger partial charge in [0.15, 0.2) is 0 Å². The molecule has 3 aromatic rings. The Balaban J connectivity index is 1.55. The molecule has 8 heteroatoms. The van der Waals surface area contributed by atoms with E-state index in [9.17, 15) is 8.78 Å². The fourth-order valence-corrected chi connectivity index (χ4v) is 3.43. The number of nitrogens with one attached hydrogen (secondary N) is 1. The third kappa shape index (κ3) is 3.90. The Bertz CT molecular complexity index is 917. The lowest BCUT2D eigenvalue weighted by Crippen LogP contribution is -2.36. The number of halogens is 2. The highest BCUT2D eigenvalue weighted by Crippen LogP contribution is 2.32. The van der Waals surface area contributed by atoms with Crippen LogP contribution in [-0.4, -0.2) is 46.2 Å². The molecule has 1 N–H and O–H groups in total. The fourth-order valence-electron chi connectivity index (χ4n) is 3.43. The van der Waals surface area contributed by atoms with Crippen molar-refractivity contribution in [3.8, 4) is 11.3 Å². The highest BCUT2D eigenvalue weighted by Gasteiger charge is 2.19. The maximum absolute atomic E-state index is 13.6. The molecule has 6 nitrogen and oxygen atoms in total. The first-order valence-electron chi connectivity index (χ1n) is 9.13. The Morgan fingerprint density at radius 2 is 1.89 bits per heavy atom. The first-order chi connectivity index (χ1) is 13.1. The molecular formula is C19H21F2N5O. The van der Waals surface area contributed by atoms with Crippen molar-refractivity contribution in [1.82, 2.24) is 20.0 Å². The molecule has 0 amide bonds. The van der Waals surface area contributed by atoms with E-state index < -0.39 is 11.6 Å². The Hall–Kier alpha value is -2.61. The lowest BCUT2D eigenvalue weighted by molar-refractivity contribution is 0.199. The van der Waals surface area contributed by atoms with Crippen molar-refractivity contribution in [2.45, 2.75) is 19.8 Å². The SMILES string of the molecule is CC1CCN(CCNc2ncnc3onc(-c4cc(F)cc(F)c4)c23)CC1. The third-order valence-corrected chi connectivity index (χ3v) is 5.01. The maximum atomic E-state index is 13.6. The molecule has 1 fully saturated rings. The minimum atomic E-state index is -0.674. The minimum Gasteiger partial charge on any atom is -0.368 e. The average Bonchev–Trinajstić information content (AvgIpc) is 3.08. The highest BCUT2D eigenvalue weighted by molar-refractivity contribution is 5.97. The van der Waals surface area contributed by atoms with E-state index in [1.807, 2.05) is 0 Å². The van der Waals surface area contributed by atoms with Crippen LogP contribution in [0, 0.1) is 17.6 Å². The summed E-state index contributed by atoms with van der Waals surface area (Å²) in [6.45, 7) is 6.08. The number of piperidine rings is 1. The van der Waals surface area contributed by atoms with Crippen LogP contribution in [0.1, 0.15) is 19.8 Å². The molecule has 27 heavy (non-hydrogen) atoms. The van der Waals surface area contributed by atoms with Gasteiger partial charge in [0.2, 0.25) is 0 Å². The van der Waals surface area contributed by atoms with Crippen molar-refractivity contribution in [3.05, 3.63) is 36.2 Å². The number of benzene rings is 1. The monoisotopic (exact) mass is 373 g/mol. The van der Waals surface area contributed by atoms with Crippen LogP contribution < -0.4 is 5.32 Å². The van der Waals surface area contributed by atoms with Crippen molar-refractivity contribution in [2.24, 2.45) is 5.92 Å². The molecule has 2 aromatic heterocycles. The quantitative estimate of drug-likeness (QED) is 0.735. The van der Waals surface area contributed by atoms with Crippen molar-refractivity contribution in [2.75, 3.05) is 31.5 Å². The van der Waals surface area contributed by atoms with Gasteiger partial charge in [0.25, 0.3) is 5.71 Å². The van der Waals surface area contributed by atoms with E-state index in [2.05, 4.69) is 32.3 Å². The van der Waals surface area contributed by atoms with Gasteiger partial charge in [-0.15, -0.1) is 0 Å². The van der Waals surface area contributed by atoms with Crippen molar-refractivity contribution in [3.63, 3.8) is 0 Å². The summed E-state index contributed by atoms with van der Waals surface area (Å²) in [7, 11) is 0. The molecule has 0 aliphatic carbocycles. The predicted molar refractivity (Wildman–Crippen MR) is 98.3 cm³/mol. The van der Waals surface area contributed by atoms with Crippen LogP contribution in [0.15, 0.2) is 29.0 Å². The van der Waals surface area contributed by atoms with Gasteiger partial charge < -0.3 is 14.7 Å². The molecule has 0 atom stereocenters. The van der Waals surface area contributed by atoms with E-state index in [1.54, 1.807) is 0 Å². The van der Waals surface area contributed by atoms with E-state index >= 15 is 0 Å². The normalized spacial score (nSPS) is 16.1. The van der Waals surface area contributed by atoms with Gasteiger partial charge in [0.05, 0.1) is 0 Å². The summed E-state index contributed by atoms with van der Waals surface area (Å²) in [5, 5.41) is 7.77. The summed E-state index contributed by atoms with van der Waals surface area (Å²) >= 11 is 0. The zero-order valence-corrected chi connectivity index (χ0v) is 15.1. The summed E-state index contributed by atoms with van der Waals surface area (Å²) in [5.74, 6) is -0.00751. The largest absolute Gasteiger partial charge is 0.368 e. The molecule has 142 valence electrons. The van der Waals surface area contributed by atoms with Crippen LogP contribution in [-0.2, 0) is 0 Å². The molecule has 3 heterocycles. The lowest BCUT2D eigenvalue weighted by Gasteiger charge is -2.30. The molecule has 1 aliphatic rings. The van der Waals surface area contributed by atoms with E-state index in [-0.39, 0.29) is 11.3 Å². The Labute approximate surface area is 155 Å². The fraction of sp³-hybridized carbons (Fsp3) is 0.421. The van der Waals surface area contributed by atoms with Gasteiger partial charge in [-0.1, -0.05) is 12.1 Å². The van der Waals surface area contributed by atoms with Gasteiger partial charge >= 0.3 is 0 Å². The van der Waals surface area contributed by atoms with Gasteiger partial charge in [0.1, 0.15) is 34.9 Å². The van der Waals surface area contributed by atoms with Crippen LogP contribution in [0.2, 0.25) is 0 Å². The maximum Gasteiger partial charge on any atom is 0.263 e. The number of likely N-dealkylation sites (tertiary alicyclic amines) is 1. The number of hydrogen-bond donors (Lipinski definition) is 1. The van der Waals surface area contributed by atoms with Crippen molar-refractivity contribution >= 4 is 16.9 Å². The van der Waals surface area contributed by atoms with Gasteiger partial charge in [-0.25, -0.2) is 13.8 Å². The predicted octanol–water partition coefficient (Wildman–Crippen LogP) is 3.71. The van der Waals surface area contributed by atoms with Crippen molar-refractivity contribution < 1.29 is 13.3 Å². The van der Waals surface area contributed by atoms with Crippen LogP contribution in [0.5, 0.6) is 0 Å². The first-order valence-corrected chi connectivity index (χ1v) is 9.13. The second kappa shape index (κ2) is 7.56. The second-order valence-corrected chi connectivity index (χ2v) is 7.04. The second-order valence-electron chi connectivity index (χ2n) is 7.04. The number of fused-ring (bicyclic) bond motifs is 1. The van der Waals surface area contributed by atoms with Crippen LogP contribution >= 0.6 is 0 Å². The number of hydrogen-bond acceptors (Lipinski definition) is 6. The summed E-state index contributed by atoms with van der Waals surface area (Å²) in [4.78, 5) is 10.8. The number of aromatic nitrogens is 3. The van der Waals surface area contributed by atoms with Gasteiger partial charge in [-0.3, -0.25) is 0 Å². The van der Waals surface area contributed by atoms with Crippen LogP contribution in [0.25, 0.3) is 22.4 Å². The summed E-state index contributed by atoms with van der Waals surface area (Å²) < 4.78 is 32.4. The molecule has 0 bridgehead atoms. The average molecular weight is 373 g/mol. The zero-order valence-electron chi connectivity index (χ0n) is 15.1. The number of nitrogens with zero attached hydrogens (tertiary/aromatic N) is 4. The number of rotatable bonds is 5. The van der Waals surface area contributed by atoms with E-state index in [0.29, 0.717) is 23.4 Å². The molecule has 0 saturated carbocycles. The lowest BCUT2D eigenvalue weighted by atomic mass is 9.99. The summed E-state index contributed by atoms with van der Waals surface area (Å²) in [5.41, 5.74) is 0.881.